The molecule has 174 valence electrons. The van der Waals surface area contributed by atoms with Crippen LogP contribution in [0.2, 0.25) is 5.02 Å². The summed E-state index contributed by atoms with van der Waals surface area (Å²) in [5.74, 6) is 0.550. The van der Waals surface area contributed by atoms with E-state index in [1.54, 1.807) is 18.2 Å². The third-order valence-electron chi connectivity index (χ3n) is 5.63. The highest BCUT2D eigenvalue weighted by Crippen LogP contribution is 2.21. The lowest BCUT2D eigenvalue weighted by molar-refractivity contribution is -0.123. The molecule has 0 bridgehead atoms. The van der Waals surface area contributed by atoms with Gasteiger partial charge < -0.3 is 5.32 Å². The standard InChI is InChI=1S/C24H32ClN3O3S/c1-18(2)15-20-7-9-21(10-8-20)19(3)26-24(29)17-27-11-13-28(14-12-27)32(30,31)23-6-4-5-22(25)16-23/h4-10,16,18-19H,11-15,17H2,1-3H3,(H,26,29)/t19-/m0/s1. The molecule has 6 nitrogen and oxygen atoms in total. The lowest BCUT2D eigenvalue weighted by Gasteiger charge is -2.33. The second kappa shape index (κ2) is 10.8. The van der Waals surface area contributed by atoms with Gasteiger partial charge in [-0.2, -0.15) is 4.31 Å². The van der Waals surface area contributed by atoms with E-state index < -0.39 is 10.0 Å². The summed E-state index contributed by atoms with van der Waals surface area (Å²) in [5, 5.41) is 3.44. The van der Waals surface area contributed by atoms with Crippen LogP contribution >= 0.6 is 11.6 Å². The molecule has 1 N–H and O–H groups in total. The molecule has 1 heterocycles. The monoisotopic (exact) mass is 477 g/mol. The van der Waals surface area contributed by atoms with E-state index in [1.807, 2.05) is 11.8 Å². The van der Waals surface area contributed by atoms with Gasteiger partial charge in [0.1, 0.15) is 0 Å². The molecular formula is C24H32ClN3O3S. The molecule has 1 fully saturated rings. The minimum Gasteiger partial charge on any atom is -0.348 e. The van der Waals surface area contributed by atoms with Crippen LogP contribution in [0.25, 0.3) is 0 Å². The van der Waals surface area contributed by atoms with Gasteiger partial charge in [0.25, 0.3) is 0 Å². The van der Waals surface area contributed by atoms with E-state index in [4.69, 9.17) is 11.6 Å². The fraction of sp³-hybridized carbons (Fsp3) is 0.458. The summed E-state index contributed by atoms with van der Waals surface area (Å²) >= 11 is 5.95. The van der Waals surface area contributed by atoms with Crippen LogP contribution in [0.5, 0.6) is 0 Å². The van der Waals surface area contributed by atoms with Crippen LogP contribution < -0.4 is 5.32 Å². The molecule has 1 atom stereocenters. The van der Waals surface area contributed by atoms with E-state index in [-0.39, 0.29) is 23.4 Å². The van der Waals surface area contributed by atoms with Crippen LogP contribution in [0.4, 0.5) is 0 Å². The minimum atomic E-state index is -3.58. The minimum absolute atomic E-state index is 0.0603. The number of nitrogens with zero attached hydrogens (tertiary/aromatic N) is 2. The van der Waals surface area contributed by atoms with Gasteiger partial charge in [0, 0.05) is 31.2 Å². The van der Waals surface area contributed by atoms with Crippen LogP contribution in [0.1, 0.15) is 37.9 Å². The molecule has 2 aromatic rings. The van der Waals surface area contributed by atoms with Gasteiger partial charge in [0.05, 0.1) is 17.5 Å². The number of benzene rings is 2. The second-order valence-electron chi connectivity index (χ2n) is 8.77. The maximum Gasteiger partial charge on any atom is 0.243 e. The number of amides is 1. The van der Waals surface area contributed by atoms with E-state index in [2.05, 4.69) is 43.4 Å². The summed E-state index contributed by atoms with van der Waals surface area (Å²) in [4.78, 5) is 14.7. The first-order chi connectivity index (χ1) is 15.1. The molecule has 1 aliphatic heterocycles. The second-order valence-corrected chi connectivity index (χ2v) is 11.1. The zero-order valence-electron chi connectivity index (χ0n) is 18.9. The average Bonchev–Trinajstić information content (AvgIpc) is 2.74. The number of carbonyl (C=O) groups excluding carboxylic acids is 1. The van der Waals surface area contributed by atoms with Gasteiger partial charge in [-0.3, -0.25) is 9.69 Å². The molecule has 0 aromatic heterocycles. The molecular weight excluding hydrogens is 446 g/mol. The van der Waals surface area contributed by atoms with E-state index in [9.17, 15) is 13.2 Å². The number of piperazine rings is 1. The fourth-order valence-corrected chi connectivity index (χ4v) is 5.62. The van der Waals surface area contributed by atoms with Crippen molar-refractivity contribution < 1.29 is 13.2 Å². The van der Waals surface area contributed by atoms with E-state index in [1.165, 1.54) is 15.9 Å². The molecule has 0 radical (unpaired) electrons. The Morgan fingerprint density at radius 1 is 1.03 bits per heavy atom. The van der Waals surface area contributed by atoms with Crippen molar-refractivity contribution in [3.8, 4) is 0 Å². The summed E-state index contributed by atoms with van der Waals surface area (Å²) in [6.07, 6.45) is 1.04. The van der Waals surface area contributed by atoms with Gasteiger partial charge in [0.15, 0.2) is 0 Å². The summed E-state index contributed by atoms with van der Waals surface area (Å²) in [6.45, 7) is 8.32. The zero-order chi connectivity index (χ0) is 23.3. The number of carbonyl (C=O) groups is 1. The van der Waals surface area contributed by atoms with Gasteiger partial charge in [-0.05, 0) is 48.6 Å². The molecule has 1 saturated heterocycles. The number of nitrogens with one attached hydrogen (secondary N) is 1. The summed E-state index contributed by atoms with van der Waals surface area (Å²) in [6, 6.07) is 14.6. The topological polar surface area (TPSA) is 69.7 Å². The number of halogens is 1. The van der Waals surface area contributed by atoms with Crippen LogP contribution in [0.15, 0.2) is 53.4 Å². The molecule has 0 spiro atoms. The van der Waals surface area contributed by atoms with Crippen molar-refractivity contribution in [3.05, 3.63) is 64.7 Å². The van der Waals surface area contributed by atoms with Gasteiger partial charge >= 0.3 is 0 Å². The normalized spacial score (nSPS) is 16.8. The first-order valence-corrected chi connectivity index (χ1v) is 12.8. The molecule has 0 aliphatic carbocycles. The van der Waals surface area contributed by atoms with Crippen molar-refractivity contribution in [2.45, 2.75) is 38.1 Å². The van der Waals surface area contributed by atoms with E-state index in [0.29, 0.717) is 37.1 Å². The largest absolute Gasteiger partial charge is 0.348 e. The predicted octanol–water partition coefficient (Wildman–Crippen LogP) is 3.72. The first kappa shape index (κ1) is 24.7. The Kier molecular flexibility index (Phi) is 8.33. The molecule has 3 rings (SSSR count). The van der Waals surface area contributed by atoms with E-state index >= 15 is 0 Å². The molecule has 32 heavy (non-hydrogen) atoms. The SMILES string of the molecule is CC(C)Cc1ccc([C@H](C)NC(=O)CN2CCN(S(=O)(=O)c3cccc(Cl)c3)CC2)cc1. The Morgan fingerprint density at radius 2 is 1.69 bits per heavy atom. The summed E-state index contributed by atoms with van der Waals surface area (Å²) < 4.78 is 27.1. The average molecular weight is 478 g/mol. The molecule has 0 saturated carbocycles. The van der Waals surface area contributed by atoms with Gasteiger partial charge in [-0.25, -0.2) is 8.42 Å². The molecule has 0 unspecified atom stereocenters. The molecule has 2 aromatic carbocycles. The lowest BCUT2D eigenvalue weighted by atomic mass is 10.00. The van der Waals surface area contributed by atoms with Crippen LogP contribution in [0.3, 0.4) is 0 Å². The molecule has 1 aliphatic rings. The first-order valence-electron chi connectivity index (χ1n) is 11.0. The van der Waals surface area contributed by atoms with Crippen molar-refractivity contribution in [3.63, 3.8) is 0 Å². The Balaban J connectivity index is 1.49. The Bertz CT molecular complexity index is 1020. The highest BCUT2D eigenvalue weighted by Gasteiger charge is 2.29. The lowest BCUT2D eigenvalue weighted by Crippen LogP contribution is -2.51. The van der Waals surface area contributed by atoms with Crippen LogP contribution in [0, 0.1) is 5.92 Å². The maximum absolute atomic E-state index is 12.8. The highest BCUT2D eigenvalue weighted by atomic mass is 35.5. The maximum atomic E-state index is 12.8. The summed E-state index contributed by atoms with van der Waals surface area (Å²) in [5.41, 5.74) is 2.37. The van der Waals surface area contributed by atoms with Crippen LogP contribution in [-0.4, -0.2) is 56.3 Å². The third kappa shape index (κ3) is 6.54. The van der Waals surface area contributed by atoms with Crippen molar-refractivity contribution in [1.82, 2.24) is 14.5 Å². The molecule has 8 heteroatoms. The van der Waals surface area contributed by atoms with Crippen molar-refractivity contribution in [1.29, 1.82) is 0 Å². The number of hydrogen-bond donors (Lipinski definition) is 1. The fourth-order valence-electron chi connectivity index (χ4n) is 3.89. The van der Waals surface area contributed by atoms with E-state index in [0.717, 1.165) is 12.0 Å². The van der Waals surface area contributed by atoms with Crippen LogP contribution in [-0.2, 0) is 21.2 Å². The summed E-state index contributed by atoms with van der Waals surface area (Å²) in [7, 11) is -3.58. The van der Waals surface area contributed by atoms with Crippen molar-refractivity contribution >= 4 is 27.5 Å². The van der Waals surface area contributed by atoms with Crippen molar-refractivity contribution in [2.24, 2.45) is 5.92 Å². The Labute approximate surface area is 196 Å². The van der Waals surface area contributed by atoms with Gasteiger partial charge in [-0.15, -0.1) is 0 Å². The van der Waals surface area contributed by atoms with Crippen molar-refractivity contribution in [2.75, 3.05) is 32.7 Å². The number of sulfonamides is 1. The predicted molar refractivity (Wildman–Crippen MR) is 128 cm³/mol. The highest BCUT2D eigenvalue weighted by molar-refractivity contribution is 7.89. The molecule has 1 amide bonds. The third-order valence-corrected chi connectivity index (χ3v) is 7.76. The zero-order valence-corrected chi connectivity index (χ0v) is 20.5. The van der Waals surface area contributed by atoms with Gasteiger partial charge in [-0.1, -0.05) is 55.8 Å². The number of rotatable bonds is 8. The van der Waals surface area contributed by atoms with Gasteiger partial charge in [0.2, 0.25) is 15.9 Å². The quantitative estimate of drug-likeness (QED) is 0.629. The smallest absolute Gasteiger partial charge is 0.243 e. The Hall–Kier alpha value is -1.93. The Morgan fingerprint density at radius 3 is 2.28 bits per heavy atom. The number of hydrogen-bond acceptors (Lipinski definition) is 4.